The van der Waals surface area contributed by atoms with Crippen LogP contribution in [0.2, 0.25) is 0 Å². The number of nitrogens with one attached hydrogen (secondary N) is 1. The average Bonchev–Trinajstić information content (AvgIpc) is 3.24. The van der Waals surface area contributed by atoms with E-state index in [-0.39, 0.29) is 18.6 Å². The van der Waals surface area contributed by atoms with Crippen LogP contribution in [-0.2, 0) is 22.6 Å². The van der Waals surface area contributed by atoms with E-state index >= 15 is 0 Å². The maximum Gasteiger partial charge on any atom is 0.242 e. The monoisotopic (exact) mass is 412 g/mol. The van der Waals surface area contributed by atoms with Crippen LogP contribution in [0.4, 0.5) is 0 Å². The van der Waals surface area contributed by atoms with Gasteiger partial charge in [0.05, 0.1) is 7.11 Å². The minimum Gasteiger partial charge on any atom is -0.497 e. The molecule has 0 fully saturated rings. The summed E-state index contributed by atoms with van der Waals surface area (Å²) in [4.78, 5) is 27.1. The van der Waals surface area contributed by atoms with Gasteiger partial charge >= 0.3 is 0 Å². The highest BCUT2D eigenvalue weighted by Gasteiger charge is 2.25. The molecule has 1 atom stereocenters. The van der Waals surface area contributed by atoms with Crippen molar-refractivity contribution in [2.24, 2.45) is 0 Å². The predicted molar refractivity (Wildman–Crippen MR) is 113 cm³/mol. The lowest BCUT2D eigenvalue weighted by molar-refractivity contribution is -0.140. The normalized spacial score (nSPS) is 12.9. The molecule has 0 spiro atoms. The van der Waals surface area contributed by atoms with Crippen LogP contribution < -0.4 is 19.5 Å². The summed E-state index contributed by atoms with van der Waals surface area (Å²) >= 11 is 0. The van der Waals surface area contributed by atoms with Gasteiger partial charge in [-0.25, -0.2) is 0 Å². The number of rotatable bonds is 9. The summed E-state index contributed by atoms with van der Waals surface area (Å²) in [5, 5.41) is 2.80. The van der Waals surface area contributed by atoms with Gasteiger partial charge in [-0.05, 0) is 55.7 Å². The third-order valence-corrected chi connectivity index (χ3v) is 5.09. The number of likely N-dealkylation sites (N-methyl/N-ethyl adjacent to an activating group) is 1. The molecule has 0 saturated heterocycles. The van der Waals surface area contributed by atoms with Gasteiger partial charge in [0.1, 0.15) is 11.8 Å². The molecular formula is C23H28N2O5. The van der Waals surface area contributed by atoms with E-state index in [1.807, 2.05) is 49.4 Å². The Morgan fingerprint density at radius 2 is 1.80 bits per heavy atom. The summed E-state index contributed by atoms with van der Waals surface area (Å²) in [5.74, 6) is 1.92. The number of ether oxygens (including phenoxy) is 3. The number of methoxy groups -OCH3 is 1. The minimum absolute atomic E-state index is 0.0813. The van der Waals surface area contributed by atoms with E-state index in [1.54, 1.807) is 18.9 Å². The third-order valence-electron chi connectivity index (χ3n) is 5.09. The molecule has 1 aliphatic heterocycles. The number of benzene rings is 2. The molecule has 2 amide bonds. The fourth-order valence-corrected chi connectivity index (χ4v) is 3.32. The van der Waals surface area contributed by atoms with Gasteiger partial charge < -0.3 is 24.4 Å². The van der Waals surface area contributed by atoms with Crippen LogP contribution in [0.5, 0.6) is 17.2 Å². The fourth-order valence-electron chi connectivity index (χ4n) is 3.32. The standard InChI is InChI=1S/C23H28N2O5/c1-4-24-23(27)16(2)25(14-18-5-9-19(28-3)10-6-18)22(26)12-8-17-7-11-20-21(13-17)30-15-29-20/h5-7,9-11,13,16H,4,8,12,14-15H2,1-3H3,(H,24,27)/t16-/m1/s1. The summed E-state index contributed by atoms with van der Waals surface area (Å²) in [7, 11) is 1.61. The molecule has 0 saturated carbocycles. The van der Waals surface area contributed by atoms with E-state index in [0.29, 0.717) is 31.7 Å². The highest BCUT2D eigenvalue weighted by molar-refractivity contribution is 5.87. The van der Waals surface area contributed by atoms with Gasteiger partial charge in [-0.3, -0.25) is 9.59 Å². The first-order valence-corrected chi connectivity index (χ1v) is 10.1. The summed E-state index contributed by atoms with van der Waals surface area (Å²) < 4.78 is 15.9. The van der Waals surface area contributed by atoms with E-state index in [1.165, 1.54) is 0 Å². The van der Waals surface area contributed by atoms with E-state index in [2.05, 4.69) is 5.32 Å². The van der Waals surface area contributed by atoms with Gasteiger partial charge in [0.15, 0.2) is 11.5 Å². The molecule has 160 valence electrons. The van der Waals surface area contributed by atoms with Crippen molar-refractivity contribution in [2.45, 2.75) is 39.3 Å². The second-order valence-corrected chi connectivity index (χ2v) is 7.13. The van der Waals surface area contributed by atoms with Crippen molar-refractivity contribution in [3.63, 3.8) is 0 Å². The molecule has 3 rings (SSSR count). The smallest absolute Gasteiger partial charge is 0.242 e. The Kier molecular flexibility index (Phi) is 7.17. The summed E-state index contributed by atoms with van der Waals surface area (Å²) in [5.41, 5.74) is 1.92. The molecular weight excluding hydrogens is 384 g/mol. The van der Waals surface area contributed by atoms with Crippen LogP contribution in [0.3, 0.4) is 0 Å². The second kappa shape index (κ2) is 10.0. The second-order valence-electron chi connectivity index (χ2n) is 7.13. The van der Waals surface area contributed by atoms with E-state index in [9.17, 15) is 9.59 Å². The summed E-state index contributed by atoms with van der Waals surface area (Å²) in [6.07, 6.45) is 0.843. The topological polar surface area (TPSA) is 77.1 Å². The Morgan fingerprint density at radius 1 is 1.10 bits per heavy atom. The van der Waals surface area contributed by atoms with Crippen molar-refractivity contribution in [1.82, 2.24) is 10.2 Å². The zero-order valence-electron chi connectivity index (χ0n) is 17.6. The first-order chi connectivity index (χ1) is 14.5. The quantitative estimate of drug-likeness (QED) is 0.685. The van der Waals surface area contributed by atoms with Crippen molar-refractivity contribution < 1.29 is 23.8 Å². The Balaban J connectivity index is 1.70. The van der Waals surface area contributed by atoms with Gasteiger partial charge in [0, 0.05) is 19.5 Å². The van der Waals surface area contributed by atoms with Crippen LogP contribution in [-0.4, -0.2) is 43.2 Å². The highest BCUT2D eigenvalue weighted by Crippen LogP contribution is 2.32. The lowest BCUT2D eigenvalue weighted by Gasteiger charge is -2.29. The van der Waals surface area contributed by atoms with E-state index < -0.39 is 6.04 Å². The third kappa shape index (κ3) is 5.23. The number of nitrogens with zero attached hydrogens (tertiary/aromatic N) is 1. The summed E-state index contributed by atoms with van der Waals surface area (Å²) in [6, 6.07) is 12.6. The van der Waals surface area contributed by atoms with Crippen LogP contribution in [0, 0.1) is 0 Å². The Morgan fingerprint density at radius 3 is 2.50 bits per heavy atom. The lowest BCUT2D eigenvalue weighted by Crippen LogP contribution is -2.47. The molecule has 7 heteroatoms. The summed E-state index contributed by atoms with van der Waals surface area (Å²) in [6.45, 7) is 4.71. The molecule has 1 aliphatic rings. The highest BCUT2D eigenvalue weighted by atomic mass is 16.7. The Hall–Kier alpha value is -3.22. The maximum atomic E-state index is 13.1. The predicted octanol–water partition coefficient (Wildman–Crippen LogP) is 2.91. The molecule has 2 aromatic carbocycles. The van der Waals surface area contributed by atoms with Crippen LogP contribution >= 0.6 is 0 Å². The maximum absolute atomic E-state index is 13.1. The number of carbonyl (C=O) groups is 2. The van der Waals surface area contributed by atoms with Crippen molar-refractivity contribution in [3.8, 4) is 17.2 Å². The molecule has 0 aliphatic carbocycles. The van der Waals surface area contributed by atoms with Crippen molar-refractivity contribution >= 4 is 11.8 Å². The zero-order chi connectivity index (χ0) is 21.5. The van der Waals surface area contributed by atoms with Gasteiger partial charge in [-0.2, -0.15) is 0 Å². The number of fused-ring (bicyclic) bond motifs is 1. The molecule has 1 N–H and O–H groups in total. The van der Waals surface area contributed by atoms with Crippen LogP contribution in [0.1, 0.15) is 31.4 Å². The number of aryl methyl sites for hydroxylation is 1. The Bertz CT molecular complexity index is 882. The van der Waals surface area contributed by atoms with Gasteiger partial charge in [0.25, 0.3) is 0 Å². The lowest BCUT2D eigenvalue weighted by atomic mass is 10.1. The molecule has 0 aromatic heterocycles. The number of hydrogen-bond acceptors (Lipinski definition) is 5. The minimum atomic E-state index is -0.573. The van der Waals surface area contributed by atoms with E-state index in [4.69, 9.17) is 14.2 Å². The van der Waals surface area contributed by atoms with Gasteiger partial charge in [-0.1, -0.05) is 18.2 Å². The largest absolute Gasteiger partial charge is 0.497 e. The average molecular weight is 412 g/mol. The fraction of sp³-hybridized carbons (Fsp3) is 0.391. The van der Waals surface area contributed by atoms with Gasteiger partial charge in [-0.15, -0.1) is 0 Å². The Labute approximate surface area is 176 Å². The molecule has 1 heterocycles. The van der Waals surface area contributed by atoms with Crippen molar-refractivity contribution in [1.29, 1.82) is 0 Å². The van der Waals surface area contributed by atoms with Crippen LogP contribution in [0.15, 0.2) is 42.5 Å². The first kappa shape index (κ1) is 21.5. The van der Waals surface area contributed by atoms with Crippen LogP contribution in [0.25, 0.3) is 0 Å². The SMILES string of the molecule is CCNC(=O)[C@@H](C)N(Cc1ccc(OC)cc1)C(=O)CCc1ccc2c(c1)OCO2. The van der Waals surface area contributed by atoms with E-state index in [0.717, 1.165) is 22.6 Å². The number of amides is 2. The van der Waals surface area contributed by atoms with Crippen molar-refractivity contribution in [3.05, 3.63) is 53.6 Å². The molecule has 0 bridgehead atoms. The molecule has 2 aromatic rings. The van der Waals surface area contributed by atoms with Gasteiger partial charge in [0.2, 0.25) is 18.6 Å². The molecule has 0 unspecified atom stereocenters. The van der Waals surface area contributed by atoms with Crippen molar-refractivity contribution in [2.75, 3.05) is 20.4 Å². The molecule has 7 nitrogen and oxygen atoms in total. The number of hydrogen-bond donors (Lipinski definition) is 1. The zero-order valence-corrected chi connectivity index (χ0v) is 17.6. The molecule has 0 radical (unpaired) electrons. The molecule has 30 heavy (non-hydrogen) atoms. The number of carbonyl (C=O) groups excluding carboxylic acids is 2. The first-order valence-electron chi connectivity index (χ1n) is 10.1.